The van der Waals surface area contributed by atoms with Crippen molar-refractivity contribution >= 4 is 10.8 Å². The molecular formula is C17H18N2O2. The molecule has 21 heavy (non-hydrogen) atoms. The Morgan fingerprint density at radius 1 is 1.29 bits per heavy atom. The minimum absolute atomic E-state index is 0.523. The van der Waals surface area contributed by atoms with Crippen LogP contribution in [0.15, 0.2) is 48.8 Å². The Kier molecular flexibility index (Phi) is 3.62. The molecule has 0 fully saturated rings. The SMILES string of the molecule is COc1ccc2cccc(CC(O)c3nccn3C)c2c1. The predicted octanol–water partition coefficient (Wildman–Crippen LogP) is 2.86. The summed E-state index contributed by atoms with van der Waals surface area (Å²) in [4.78, 5) is 4.21. The molecule has 1 atom stereocenters. The highest BCUT2D eigenvalue weighted by molar-refractivity contribution is 5.87. The van der Waals surface area contributed by atoms with Gasteiger partial charge in [-0.1, -0.05) is 24.3 Å². The molecule has 1 N–H and O–H groups in total. The molecule has 0 saturated heterocycles. The fraction of sp³-hybridized carbons (Fsp3) is 0.235. The first kappa shape index (κ1) is 13.6. The van der Waals surface area contributed by atoms with E-state index in [0.29, 0.717) is 12.2 Å². The van der Waals surface area contributed by atoms with Crippen molar-refractivity contribution in [3.05, 3.63) is 60.2 Å². The largest absolute Gasteiger partial charge is 0.497 e. The Morgan fingerprint density at radius 2 is 2.14 bits per heavy atom. The number of fused-ring (bicyclic) bond motifs is 1. The molecule has 1 heterocycles. The monoisotopic (exact) mass is 282 g/mol. The molecule has 0 radical (unpaired) electrons. The molecular weight excluding hydrogens is 264 g/mol. The lowest BCUT2D eigenvalue weighted by Crippen LogP contribution is -2.08. The number of nitrogens with zero attached hydrogens (tertiary/aromatic N) is 2. The minimum Gasteiger partial charge on any atom is -0.497 e. The van der Waals surface area contributed by atoms with Crippen LogP contribution in [0.3, 0.4) is 0 Å². The van der Waals surface area contributed by atoms with Gasteiger partial charge in [0.2, 0.25) is 0 Å². The van der Waals surface area contributed by atoms with E-state index in [1.54, 1.807) is 13.3 Å². The molecule has 0 amide bonds. The molecule has 0 aliphatic carbocycles. The number of hydrogen-bond acceptors (Lipinski definition) is 3. The quantitative estimate of drug-likeness (QED) is 0.800. The molecule has 0 spiro atoms. The van der Waals surface area contributed by atoms with Crippen molar-refractivity contribution in [2.24, 2.45) is 7.05 Å². The third-order valence-electron chi connectivity index (χ3n) is 3.75. The van der Waals surface area contributed by atoms with E-state index in [1.165, 1.54) is 0 Å². The molecule has 2 aromatic carbocycles. The molecule has 1 unspecified atom stereocenters. The van der Waals surface area contributed by atoms with E-state index >= 15 is 0 Å². The van der Waals surface area contributed by atoms with Crippen LogP contribution < -0.4 is 4.74 Å². The smallest absolute Gasteiger partial charge is 0.137 e. The van der Waals surface area contributed by atoms with Crippen molar-refractivity contribution < 1.29 is 9.84 Å². The molecule has 0 aliphatic rings. The van der Waals surface area contributed by atoms with Crippen LogP contribution in [-0.2, 0) is 13.5 Å². The van der Waals surface area contributed by atoms with E-state index in [-0.39, 0.29) is 0 Å². The van der Waals surface area contributed by atoms with E-state index in [4.69, 9.17) is 4.74 Å². The summed E-state index contributed by atoms with van der Waals surface area (Å²) in [5.41, 5.74) is 1.09. The van der Waals surface area contributed by atoms with Crippen LogP contribution in [0.25, 0.3) is 10.8 Å². The average Bonchev–Trinajstić information content (AvgIpc) is 2.93. The Hall–Kier alpha value is -2.33. The lowest BCUT2D eigenvalue weighted by atomic mass is 9.99. The number of aromatic nitrogens is 2. The summed E-state index contributed by atoms with van der Waals surface area (Å²) in [6.07, 6.45) is 3.44. The number of methoxy groups -OCH3 is 1. The highest BCUT2D eigenvalue weighted by Crippen LogP contribution is 2.27. The topological polar surface area (TPSA) is 47.3 Å². The normalized spacial score (nSPS) is 12.5. The van der Waals surface area contributed by atoms with Crippen LogP contribution in [-0.4, -0.2) is 21.8 Å². The maximum Gasteiger partial charge on any atom is 0.137 e. The van der Waals surface area contributed by atoms with Gasteiger partial charge in [-0.2, -0.15) is 0 Å². The van der Waals surface area contributed by atoms with E-state index < -0.39 is 6.10 Å². The number of rotatable bonds is 4. The summed E-state index contributed by atoms with van der Waals surface area (Å²) in [5.74, 6) is 1.50. The van der Waals surface area contributed by atoms with Gasteiger partial charge in [0.15, 0.2) is 0 Å². The number of aliphatic hydroxyl groups excluding tert-OH is 1. The summed E-state index contributed by atoms with van der Waals surface area (Å²) in [7, 11) is 3.55. The van der Waals surface area contributed by atoms with Crippen molar-refractivity contribution in [3.8, 4) is 5.75 Å². The summed E-state index contributed by atoms with van der Waals surface area (Å²) in [6.45, 7) is 0. The van der Waals surface area contributed by atoms with E-state index in [9.17, 15) is 5.11 Å². The third-order valence-corrected chi connectivity index (χ3v) is 3.75. The van der Waals surface area contributed by atoms with E-state index in [0.717, 1.165) is 22.1 Å². The Bertz CT molecular complexity index is 764. The first-order chi connectivity index (χ1) is 10.2. The number of hydrogen-bond donors (Lipinski definition) is 1. The number of ether oxygens (including phenoxy) is 1. The predicted molar refractivity (Wildman–Crippen MR) is 82.4 cm³/mol. The standard InChI is InChI=1S/C17H18N2O2/c1-19-9-8-18-17(19)16(20)10-13-5-3-4-12-6-7-14(21-2)11-15(12)13/h3-9,11,16,20H,10H2,1-2H3. The second-order valence-corrected chi connectivity index (χ2v) is 5.12. The van der Waals surface area contributed by atoms with Crippen molar-refractivity contribution in [2.45, 2.75) is 12.5 Å². The highest BCUT2D eigenvalue weighted by atomic mass is 16.5. The molecule has 4 nitrogen and oxygen atoms in total. The van der Waals surface area contributed by atoms with Gasteiger partial charge in [-0.15, -0.1) is 0 Å². The fourth-order valence-electron chi connectivity index (χ4n) is 2.62. The van der Waals surface area contributed by atoms with Crippen molar-refractivity contribution in [3.63, 3.8) is 0 Å². The van der Waals surface area contributed by atoms with Crippen LogP contribution in [0, 0.1) is 0 Å². The Balaban J connectivity index is 1.98. The van der Waals surface area contributed by atoms with Crippen molar-refractivity contribution in [1.82, 2.24) is 9.55 Å². The summed E-state index contributed by atoms with van der Waals surface area (Å²) in [5, 5.41) is 12.7. The summed E-state index contributed by atoms with van der Waals surface area (Å²) in [6, 6.07) is 12.1. The van der Waals surface area contributed by atoms with E-state index in [1.807, 2.05) is 48.1 Å². The van der Waals surface area contributed by atoms with Gasteiger partial charge in [0.25, 0.3) is 0 Å². The van der Waals surface area contributed by atoms with Gasteiger partial charge in [0.1, 0.15) is 17.7 Å². The molecule has 0 saturated carbocycles. The van der Waals surface area contributed by atoms with Crippen LogP contribution in [0.4, 0.5) is 0 Å². The van der Waals surface area contributed by atoms with Crippen LogP contribution in [0.5, 0.6) is 5.75 Å². The maximum atomic E-state index is 10.4. The van der Waals surface area contributed by atoms with Crippen molar-refractivity contribution in [1.29, 1.82) is 0 Å². The number of aryl methyl sites for hydroxylation is 1. The Morgan fingerprint density at radius 3 is 2.86 bits per heavy atom. The van der Waals surface area contributed by atoms with E-state index in [2.05, 4.69) is 11.1 Å². The number of aliphatic hydroxyl groups is 1. The molecule has 0 bridgehead atoms. The lowest BCUT2D eigenvalue weighted by Gasteiger charge is -2.13. The molecule has 1 aromatic heterocycles. The highest BCUT2D eigenvalue weighted by Gasteiger charge is 2.14. The second-order valence-electron chi connectivity index (χ2n) is 5.12. The zero-order valence-corrected chi connectivity index (χ0v) is 12.2. The van der Waals surface area contributed by atoms with Crippen LogP contribution in [0.2, 0.25) is 0 Å². The van der Waals surface area contributed by atoms with Crippen LogP contribution in [0.1, 0.15) is 17.5 Å². The maximum absolute atomic E-state index is 10.4. The third kappa shape index (κ3) is 2.62. The van der Waals surface area contributed by atoms with Crippen molar-refractivity contribution in [2.75, 3.05) is 7.11 Å². The number of benzene rings is 2. The molecule has 108 valence electrons. The molecule has 3 aromatic rings. The first-order valence-corrected chi connectivity index (χ1v) is 6.90. The van der Waals surface area contributed by atoms with Gasteiger partial charge < -0.3 is 14.4 Å². The molecule has 4 heteroatoms. The van der Waals surface area contributed by atoms with Gasteiger partial charge in [0.05, 0.1) is 7.11 Å². The lowest BCUT2D eigenvalue weighted by molar-refractivity contribution is 0.165. The van der Waals surface area contributed by atoms with Crippen LogP contribution >= 0.6 is 0 Å². The van der Waals surface area contributed by atoms with Gasteiger partial charge in [-0.3, -0.25) is 0 Å². The fourth-order valence-corrected chi connectivity index (χ4v) is 2.62. The zero-order chi connectivity index (χ0) is 14.8. The second kappa shape index (κ2) is 5.58. The molecule has 0 aliphatic heterocycles. The van der Waals surface area contributed by atoms with Gasteiger partial charge in [-0.05, 0) is 28.5 Å². The van der Waals surface area contributed by atoms with Gasteiger partial charge in [-0.25, -0.2) is 4.98 Å². The zero-order valence-electron chi connectivity index (χ0n) is 12.2. The Labute approximate surface area is 123 Å². The first-order valence-electron chi connectivity index (χ1n) is 6.90. The van der Waals surface area contributed by atoms with Gasteiger partial charge >= 0.3 is 0 Å². The van der Waals surface area contributed by atoms with Gasteiger partial charge in [0, 0.05) is 25.9 Å². The average molecular weight is 282 g/mol. The minimum atomic E-state index is -0.623. The summed E-state index contributed by atoms with van der Waals surface area (Å²) < 4.78 is 7.14. The summed E-state index contributed by atoms with van der Waals surface area (Å²) >= 11 is 0. The molecule has 3 rings (SSSR count). The number of imidazole rings is 1.